The van der Waals surface area contributed by atoms with Crippen LogP contribution in [0, 0.1) is 0 Å². The van der Waals surface area contributed by atoms with Crippen molar-refractivity contribution in [1.82, 2.24) is 10.2 Å². The second-order valence-corrected chi connectivity index (χ2v) is 3.57. The third-order valence-electron chi connectivity index (χ3n) is 2.04. The Kier molecular flexibility index (Phi) is 5.08. The van der Waals surface area contributed by atoms with Crippen molar-refractivity contribution in [3.8, 4) is 0 Å². The Bertz CT molecular complexity index is 156. The van der Waals surface area contributed by atoms with Gasteiger partial charge in [-0.05, 0) is 25.1 Å². The Morgan fingerprint density at radius 3 is 3.08 bits per heavy atom. The van der Waals surface area contributed by atoms with Gasteiger partial charge in [0, 0.05) is 26.2 Å². The zero-order valence-electron chi connectivity index (χ0n) is 8.21. The van der Waals surface area contributed by atoms with Crippen molar-refractivity contribution in [2.75, 3.05) is 32.8 Å². The molecule has 76 valence electrons. The second kappa shape index (κ2) is 6.16. The smallest absolute Gasteiger partial charge is 0.169 e. The average Bonchev–Trinajstić information content (AvgIpc) is 2.42. The largest absolute Gasteiger partial charge is 0.380 e. The van der Waals surface area contributed by atoms with Crippen LogP contribution in [-0.4, -0.2) is 42.9 Å². The Hall–Kier alpha value is -0.350. The fourth-order valence-electron chi connectivity index (χ4n) is 1.29. The van der Waals surface area contributed by atoms with E-state index in [1.807, 2.05) is 0 Å². The van der Waals surface area contributed by atoms with Crippen LogP contribution in [0.4, 0.5) is 0 Å². The molecule has 0 radical (unpaired) electrons. The maximum atomic E-state index is 5.35. The quantitative estimate of drug-likeness (QED) is 0.675. The highest BCUT2D eigenvalue weighted by atomic mass is 32.1. The van der Waals surface area contributed by atoms with Gasteiger partial charge in [0.25, 0.3) is 0 Å². The Balaban J connectivity index is 2.26. The van der Waals surface area contributed by atoms with E-state index >= 15 is 0 Å². The summed E-state index contributed by atoms with van der Waals surface area (Å²) in [5.74, 6) is 0. The molecule has 1 N–H and O–H groups in total. The molecule has 4 heteroatoms. The average molecular weight is 202 g/mol. The van der Waals surface area contributed by atoms with Gasteiger partial charge in [-0.25, -0.2) is 0 Å². The minimum atomic E-state index is 0.800. The van der Waals surface area contributed by atoms with Gasteiger partial charge in [-0.3, -0.25) is 0 Å². The molecule has 3 nitrogen and oxygen atoms in total. The van der Waals surface area contributed by atoms with E-state index in [1.54, 1.807) is 0 Å². The standard InChI is InChI=1S/C9H18N2OS/c1-2-4-10-9(13)11-5-3-7-12-8-6-11/h2-8H2,1H3,(H,10,13). The molecule has 0 aliphatic carbocycles. The molecule has 1 aliphatic rings. The highest BCUT2D eigenvalue weighted by Crippen LogP contribution is 1.99. The molecule has 1 rings (SSSR count). The first-order chi connectivity index (χ1) is 6.34. The predicted molar refractivity (Wildman–Crippen MR) is 57.9 cm³/mol. The van der Waals surface area contributed by atoms with Gasteiger partial charge in [-0.2, -0.15) is 0 Å². The summed E-state index contributed by atoms with van der Waals surface area (Å²) in [6.45, 7) is 6.73. The molecule has 1 fully saturated rings. The summed E-state index contributed by atoms with van der Waals surface area (Å²) >= 11 is 5.26. The minimum Gasteiger partial charge on any atom is -0.380 e. The third kappa shape index (κ3) is 3.91. The molecule has 0 atom stereocenters. The number of nitrogens with zero attached hydrogens (tertiary/aromatic N) is 1. The molecule has 0 bridgehead atoms. The fourth-order valence-corrected chi connectivity index (χ4v) is 1.58. The summed E-state index contributed by atoms with van der Waals surface area (Å²) in [5, 5.41) is 4.11. The number of ether oxygens (including phenoxy) is 1. The van der Waals surface area contributed by atoms with Crippen LogP contribution in [0.1, 0.15) is 19.8 Å². The molecule has 13 heavy (non-hydrogen) atoms. The molecular formula is C9H18N2OS. The van der Waals surface area contributed by atoms with E-state index in [0.29, 0.717) is 0 Å². The number of hydrogen-bond acceptors (Lipinski definition) is 2. The zero-order chi connectivity index (χ0) is 9.52. The lowest BCUT2D eigenvalue weighted by Gasteiger charge is -2.22. The van der Waals surface area contributed by atoms with E-state index in [-0.39, 0.29) is 0 Å². The highest BCUT2D eigenvalue weighted by molar-refractivity contribution is 7.80. The lowest BCUT2D eigenvalue weighted by Crippen LogP contribution is -2.41. The molecule has 1 aliphatic heterocycles. The van der Waals surface area contributed by atoms with Gasteiger partial charge in [0.05, 0.1) is 6.61 Å². The summed E-state index contributed by atoms with van der Waals surface area (Å²) < 4.78 is 5.35. The predicted octanol–water partition coefficient (Wildman–Crippen LogP) is 0.993. The van der Waals surface area contributed by atoms with E-state index in [2.05, 4.69) is 17.1 Å². The molecule has 0 aromatic heterocycles. The monoisotopic (exact) mass is 202 g/mol. The maximum Gasteiger partial charge on any atom is 0.169 e. The van der Waals surface area contributed by atoms with Gasteiger partial charge in [0.15, 0.2) is 5.11 Å². The van der Waals surface area contributed by atoms with Crippen LogP contribution in [0.2, 0.25) is 0 Å². The van der Waals surface area contributed by atoms with Crippen molar-refractivity contribution in [2.45, 2.75) is 19.8 Å². The molecule has 0 unspecified atom stereocenters. The zero-order valence-corrected chi connectivity index (χ0v) is 9.03. The molecule has 0 amide bonds. The van der Waals surface area contributed by atoms with Crippen LogP contribution in [-0.2, 0) is 4.74 Å². The molecular weight excluding hydrogens is 184 g/mol. The summed E-state index contributed by atoms with van der Waals surface area (Å²) in [6, 6.07) is 0. The first-order valence-corrected chi connectivity index (χ1v) is 5.36. The Labute approximate surface area is 85.4 Å². The van der Waals surface area contributed by atoms with Gasteiger partial charge in [-0.1, -0.05) is 6.92 Å². The highest BCUT2D eigenvalue weighted by Gasteiger charge is 2.11. The van der Waals surface area contributed by atoms with Gasteiger partial charge in [0.1, 0.15) is 0 Å². The first kappa shape index (κ1) is 10.7. The van der Waals surface area contributed by atoms with E-state index in [1.165, 1.54) is 0 Å². The Morgan fingerprint density at radius 1 is 1.46 bits per heavy atom. The Morgan fingerprint density at radius 2 is 2.31 bits per heavy atom. The van der Waals surface area contributed by atoms with Crippen molar-refractivity contribution in [1.29, 1.82) is 0 Å². The van der Waals surface area contributed by atoms with Crippen LogP contribution in [0.5, 0.6) is 0 Å². The topological polar surface area (TPSA) is 24.5 Å². The van der Waals surface area contributed by atoms with E-state index in [0.717, 1.165) is 50.8 Å². The summed E-state index contributed by atoms with van der Waals surface area (Å²) in [4.78, 5) is 2.19. The summed E-state index contributed by atoms with van der Waals surface area (Å²) in [7, 11) is 0. The fraction of sp³-hybridized carbons (Fsp3) is 0.889. The molecule has 1 saturated heterocycles. The van der Waals surface area contributed by atoms with Gasteiger partial charge < -0.3 is 15.0 Å². The number of rotatable bonds is 2. The van der Waals surface area contributed by atoms with Crippen LogP contribution >= 0.6 is 12.2 Å². The lowest BCUT2D eigenvalue weighted by molar-refractivity contribution is 0.147. The van der Waals surface area contributed by atoms with Gasteiger partial charge >= 0.3 is 0 Å². The van der Waals surface area contributed by atoms with Crippen LogP contribution < -0.4 is 5.32 Å². The van der Waals surface area contributed by atoms with Crippen molar-refractivity contribution >= 4 is 17.3 Å². The van der Waals surface area contributed by atoms with Crippen LogP contribution in [0.15, 0.2) is 0 Å². The van der Waals surface area contributed by atoms with Crippen molar-refractivity contribution < 1.29 is 4.74 Å². The van der Waals surface area contributed by atoms with Crippen molar-refractivity contribution in [3.05, 3.63) is 0 Å². The lowest BCUT2D eigenvalue weighted by atomic mass is 10.4. The van der Waals surface area contributed by atoms with E-state index < -0.39 is 0 Å². The van der Waals surface area contributed by atoms with E-state index in [4.69, 9.17) is 17.0 Å². The molecule has 0 spiro atoms. The summed E-state index contributed by atoms with van der Waals surface area (Å²) in [6.07, 6.45) is 2.19. The molecule has 0 saturated carbocycles. The minimum absolute atomic E-state index is 0.800. The maximum absolute atomic E-state index is 5.35. The van der Waals surface area contributed by atoms with Crippen molar-refractivity contribution in [3.63, 3.8) is 0 Å². The normalized spacial score (nSPS) is 18.1. The number of thiocarbonyl (C=S) groups is 1. The SMILES string of the molecule is CCCNC(=S)N1CCCOCC1. The first-order valence-electron chi connectivity index (χ1n) is 4.95. The van der Waals surface area contributed by atoms with Crippen molar-refractivity contribution in [2.24, 2.45) is 0 Å². The third-order valence-corrected chi connectivity index (χ3v) is 2.44. The van der Waals surface area contributed by atoms with Gasteiger partial charge in [0.2, 0.25) is 0 Å². The van der Waals surface area contributed by atoms with Crippen LogP contribution in [0.25, 0.3) is 0 Å². The van der Waals surface area contributed by atoms with Crippen LogP contribution in [0.3, 0.4) is 0 Å². The van der Waals surface area contributed by atoms with E-state index in [9.17, 15) is 0 Å². The second-order valence-electron chi connectivity index (χ2n) is 3.18. The number of hydrogen-bond donors (Lipinski definition) is 1. The molecule has 0 aromatic rings. The van der Waals surface area contributed by atoms with Gasteiger partial charge in [-0.15, -0.1) is 0 Å². The summed E-state index contributed by atoms with van der Waals surface area (Å²) in [5.41, 5.74) is 0. The number of nitrogens with one attached hydrogen (secondary N) is 1. The molecule has 0 aromatic carbocycles. The molecule has 1 heterocycles.